The van der Waals surface area contributed by atoms with Crippen molar-refractivity contribution in [2.75, 3.05) is 0 Å². The largest absolute Gasteiger partial charge is 0.461 e. The average Bonchev–Trinajstić information content (AvgIpc) is 3.53. The predicted molar refractivity (Wildman–Crippen MR) is 120 cm³/mol. The van der Waals surface area contributed by atoms with Crippen molar-refractivity contribution in [1.29, 1.82) is 0 Å². The van der Waals surface area contributed by atoms with E-state index in [0.29, 0.717) is 23.1 Å². The minimum atomic E-state index is -0.0931. The molecule has 0 amide bonds. The Morgan fingerprint density at radius 2 is 1.72 bits per heavy atom. The van der Waals surface area contributed by atoms with E-state index in [1.807, 2.05) is 30.3 Å². The van der Waals surface area contributed by atoms with Gasteiger partial charge in [-0.05, 0) is 23.1 Å². The Kier molecular flexibility index (Phi) is 3.52. The van der Waals surface area contributed by atoms with Crippen LogP contribution >= 0.6 is 0 Å². The molecule has 0 aliphatic carbocycles. The van der Waals surface area contributed by atoms with Gasteiger partial charge in [0.25, 0.3) is 0 Å². The van der Waals surface area contributed by atoms with Gasteiger partial charge in [-0.15, -0.1) is 5.10 Å². The van der Waals surface area contributed by atoms with Crippen LogP contribution in [-0.2, 0) is 0 Å². The van der Waals surface area contributed by atoms with Crippen LogP contribution in [0, 0.1) is 0 Å². The van der Waals surface area contributed by atoms with Crippen molar-refractivity contribution >= 4 is 16.4 Å². The monoisotopic (exact) mass is 416 g/mol. The number of hydrogen-bond donors (Lipinski definition) is 0. The lowest BCUT2D eigenvalue weighted by Crippen LogP contribution is -2.15. The maximum atomic E-state index is 6.43. The minimum absolute atomic E-state index is 0.0931. The number of nitrogens with zero attached hydrogens (tertiary/aromatic N) is 4. The highest BCUT2D eigenvalue weighted by atomic mass is 16.5. The van der Waals surface area contributed by atoms with E-state index < -0.39 is 0 Å². The molecule has 0 saturated heterocycles. The number of benzene rings is 3. The highest BCUT2D eigenvalue weighted by Crippen LogP contribution is 2.50. The number of hydrogen-bond acceptors (Lipinski definition) is 5. The minimum Gasteiger partial charge on any atom is -0.461 e. The summed E-state index contributed by atoms with van der Waals surface area (Å²) in [5.74, 6) is 2.42. The van der Waals surface area contributed by atoms with Crippen molar-refractivity contribution < 1.29 is 9.15 Å². The number of furan rings is 1. The zero-order chi connectivity index (χ0) is 21.1. The van der Waals surface area contributed by atoms with Crippen LogP contribution < -0.4 is 4.74 Å². The van der Waals surface area contributed by atoms with Gasteiger partial charge < -0.3 is 9.15 Å². The van der Waals surface area contributed by atoms with Crippen molar-refractivity contribution in [2.24, 2.45) is 0 Å². The highest BCUT2D eigenvalue weighted by molar-refractivity contribution is 5.91. The number of fused-ring (bicyclic) bond motifs is 6. The number of rotatable bonds is 2. The lowest BCUT2D eigenvalue weighted by Gasteiger charge is -2.28. The standard InChI is InChI=1S/C26H16N4O2/c1-2-8-17(9-3-1)21-19-13-12-16-7-4-5-10-18(16)23(19)32-26-22(21)25-28-24(20-11-6-14-31-20)29-30(25)15-27-26/h1-15,21H/t21-/m1/s1. The van der Waals surface area contributed by atoms with Crippen LogP contribution in [0.3, 0.4) is 0 Å². The fourth-order valence-corrected chi connectivity index (χ4v) is 4.55. The highest BCUT2D eigenvalue weighted by Gasteiger charge is 2.34. The summed E-state index contributed by atoms with van der Waals surface area (Å²) in [6.45, 7) is 0. The fourth-order valence-electron chi connectivity index (χ4n) is 4.55. The van der Waals surface area contributed by atoms with Crippen LogP contribution in [0.25, 0.3) is 28.0 Å². The maximum absolute atomic E-state index is 6.43. The van der Waals surface area contributed by atoms with E-state index in [0.717, 1.165) is 33.2 Å². The molecular weight excluding hydrogens is 400 g/mol. The molecule has 0 unspecified atom stereocenters. The molecule has 0 saturated carbocycles. The third kappa shape index (κ3) is 2.43. The Morgan fingerprint density at radius 3 is 2.59 bits per heavy atom. The predicted octanol–water partition coefficient (Wildman–Crippen LogP) is 5.82. The zero-order valence-corrected chi connectivity index (χ0v) is 16.8. The van der Waals surface area contributed by atoms with Gasteiger partial charge in [-0.2, -0.15) is 0 Å². The molecule has 0 radical (unpaired) electrons. The summed E-state index contributed by atoms with van der Waals surface area (Å²) in [6.07, 6.45) is 3.26. The van der Waals surface area contributed by atoms with E-state index in [1.54, 1.807) is 17.1 Å². The lowest BCUT2D eigenvalue weighted by molar-refractivity contribution is 0.437. The average molecular weight is 416 g/mol. The van der Waals surface area contributed by atoms with Crippen molar-refractivity contribution in [3.63, 3.8) is 0 Å². The summed E-state index contributed by atoms with van der Waals surface area (Å²) in [4.78, 5) is 9.45. The number of aromatic nitrogens is 4. The Balaban J connectivity index is 1.54. The molecule has 1 aliphatic heterocycles. The normalized spacial score (nSPS) is 14.8. The smallest absolute Gasteiger partial charge is 0.228 e. The summed E-state index contributed by atoms with van der Waals surface area (Å²) >= 11 is 0. The first-order chi connectivity index (χ1) is 15.9. The van der Waals surface area contributed by atoms with E-state index in [4.69, 9.17) is 14.1 Å². The van der Waals surface area contributed by atoms with Gasteiger partial charge in [-0.3, -0.25) is 0 Å². The molecule has 1 atom stereocenters. The molecule has 1 aliphatic rings. The molecule has 6 aromatic rings. The Labute approximate surface area is 182 Å². The molecule has 0 spiro atoms. The molecule has 0 N–H and O–H groups in total. The van der Waals surface area contributed by atoms with Crippen molar-refractivity contribution in [2.45, 2.75) is 5.92 Å². The zero-order valence-electron chi connectivity index (χ0n) is 16.8. The summed E-state index contributed by atoms with van der Waals surface area (Å²) in [7, 11) is 0. The lowest BCUT2D eigenvalue weighted by atomic mass is 9.83. The van der Waals surface area contributed by atoms with Gasteiger partial charge in [0.05, 0.1) is 11.8 Å². The first kappa shape index (κ1) is 17.3. The van der Waals surface area contributed by atoms with Gasteiger partial charge in [-0.25, -0.2) is 14.5 Å². The second-order valence-electron chi connectivity index (χ2n) is 7.80. The van der Waals surface area contributed by atoms with E-state index >= 15 is 0 Å². The van der Waals surface area contributed by atoms with E-state index in [1.165, 1.54) is 0 Å². The SMILES string of the molecule is c1ccc([C@@H]2c3ccc4ccccc4c3Oc3ncn4nc(-c5ccco5)nc4c32)cc1. The van der Waals surface area contributed by atoms with Crippen molar-refractivity contribution in [3.05, 3.63) is 108 Å². The molecule has 4 heterocycles. The molecule has 152 valence electrons. The van der Waals surface area contributed by atoms with Crippen LogP contribution in [0.4, 0.5) is 0 Å². The summed E-state index contributed by atoms with van der Waals surface area (Å²) < 4.78 is 13.7. The van der Waals surface area contributed by atoms with Gasteiger partial charge in [0.1, 0.15) is 12.1 Å². The Hall–Kier alpha value is -4.45. The summed E-state index contributed by atoms with van der Waals surface area (Å²) in [6, 6.07) is 26.6. The molecule has 3 aromatic carbocycles. The maximum Gasteiger partial charge on any atom is 0.228 e. The van der Waals surface area contributed by atoms with Crippen LogP contribution in [-0.4, -0.2) is 19.6 Å². The van der Waals surface area contributed by atoms with Crippen LogP contribution in [0.1, 0.15) is 22.6 Å². The molecule has 7 rings (SSSR count). The van der Waals surface area contributed by atoms with Crippen LogP contribution in [0.15, 0.2) is 95.9 Å². The quantitative estimate of drug-likeness (QED) is 0.355. The van der Waals surface area contributed by atoms with Crippen molar-refractivity contribution in [1.82, 2.24) is 19.6 Å². The molecule has 6 nitrogen and oxygen atoms in total. The fraction of sp³-hybridized carbons (Fsp3) is 0.0385. The summed E-state index contributed by atoms with van der Waals surface area (Å²) in [5.41, 5.74) is 3.83. The first-order valence-corrected chi connectivity index (χ1v) is 10.4. The first-order valence-electron chi connectivity index (χ1n) is 10.4. The molecule has 32 heavy (non-hydrogen) atoms. The molecule has 0 fully saturated rings. The van der Waals surface area contributed by atoms with E-state index in [9.17, 15) is 0 Å². The molecule has 6 heteroatoms. The number of ether oxygens (including phenoxy) is 1. The third-order valence-electron chi connectivity index (χ3n) is 5.97. The van der Waals surface area contributed by atoms with Gasteiger partial charge >= 0.3 is 0 Å². The van der Waals surface area contributed by atoms with Crippen molar-refractivity contribution in [3.8, 4) is 23.2 Å². The van der Waals surface area contributed by atoms with Gasteiger partial charge in [0.15, 0.2) is 11.4 Å². The topological polar surface area (TPSA) is 65.5 Å². The van der Waals surface area contributed by atoms with Gasteiger partial charge in [0.2, 0.25) is 11.7 Å². The third-order valence-corrected chi connectivity index (χ3v) is 5.97. The van der Waals surface area contributed by atoms with Crippen LogP contribution in [0.2, 0.25) is 0 Å². The second-order valence-corrected chi connectivity index (χ2v) is 7.80. The Bertz CT molecular complexity index is 1600. The van der Waals surface area contributed by atoms with Crippen LogP contribution in [0.5, 0.6) is 11.6 Å². The van der Waals surface area contributed by atoms with E-state index in [2.05, 4.69) is 58.6 Å². The summed E-state index contributed by atoms with van der Waals surface area (Å²) in [5, 5.41) is 6.79. The van der Waals surface area contributed by atoms with E-state index in [-0.39, 0.29) is 5.92 Å². The molecular formula is C26H16N4O2. The second kappa shape index (κ2) is 6.52. The molecule has 3 aromatic heterocycles. The van der Waals surface area contributed by atoms with Gasteiger partial charge in [-0.1, -0.05) is 66.7 Å². The van der Waals surface area contributed by atoms with Gasteiger partial charge in [0, 0.05) is 16.9 Å². The Morgan fingerprint density at radius 1 is 0.844 bits per heavy atom. The molecule has 0 bridgehead atoms.